The minimum atomic E-state index is -0.434. The number of ether oxygens (including phenoxy) is 3. The zero-order valence-corrected chi connectivity index (χ0v) is 16.1. The Hall–Kier alpha value is -1.91. The Labute approximate surface area is 155 Å². The summed E-state index contributed by atoms with van der Waals surface area (Å²) in [6.45, 7) is 8.84. The Bertz CT molecular complexity index is 667. The minimum absolute atomic E-state index is 0.186. The lowest BCUT2D eigenvalue weighted by molar-refractivity contribution is 0.0184. The molecule has 0 radical (unpaired) electrons. The SMILES string of the molecule is CC(C)(C)OC(=O)N1CCC(Cc2c3c(cc4c2OCC4)OCC3)CC1. The van der Waals surface area contributed by atoms with Crippen LogP contribution in [0.2, 0.25) is 0 Å². The van der Waals surface area contributed by atoms with Crippen molar-refractivity contribution in [3.63, 3.8) is 0 Å². The predicted molar refractivity (Wildman–Crippen MR) is 99.1 cm³/mol. The predicted octanol–water partition coefficient (Wildman–Crippen LogP) is 3.75. The van der Waals surface area contributed by atoms with E-state index in [1.54, 1.807) is 0 Å². The van der Waals surface area contributed by atoms with Gasteiger partial charge >= 0.3 is 6.09 Å². The highest BCUT2D eigenvalue weighted by Gasteiger charge is 2.31. The molecule has 3 heterocycles. The number of piperidine rings is 1. The maximum Gasteiger partial charge on any atom is 0.410 e. The monoisotopic (exact) mass is 359 g/mol. The van der Waals surface area contributed by atoms with E-state index in [-0.39, 0.29) is 6.09 Å². The lowest BCUT2D eigenvalue weighted by Gasteiger charge is -2.33. The quantitative estimate of drug-likeness (QED) is 0.807. The molecule has 3 aliphatic rings. The van der Waals surface area contributed by atoms with E-state index < -0.39 is 5.60 Å². The van der Waals surface area contributed by atoms with Gasteiger partial charge in [-0.1, -0.05) is 0 Å². The van der Waals surface area contributed by atoms with Crippen LogP contribution in [0.4, 0.5) is 4.79 Å². The molecule has 1 aromatic rings. The summed E-state index contributed by atoms with van der Waals surface area (Å²) >= 11 is 0. The van der Waals surface area contributed by atoms with Gasteiger partial charge in [0, 0.05) is 42.6 Å². The van der Waals surface area contributed by atoms with E-state index >= 15 is 0 Å². The van der Waals surface area contributed by atoms with Gasteiger partial charge in [-0.3, -0.25) is 0 Å². The van der Waals surface area contributed by atoms with Gasteiger partial charge in [0.25, 0.3) is 0 Å². The van der Waals surface area contributed by atoms with E-state index in [4.69, 9.17) is 14.2 Å². The first-order valence-electron chi connectivity index (χ1n) is 9.82. The summed E-state index contributed by atoms with van der Waals surface area (Å²) in [5.74, 6) is 2.76. The van der Waals surface area contributed by atoms with Crippen LogP contribution in [0.1, 0.15) is 50.3 Å². The van der Waals surface area contributed by atoms with E-state index in [9.17, 15) is 4.79 Å². The largest absolute Gasteiger partial charge is 0.493 e. The second-order valence-electron chi connectivity index (χ2n) is 8.63. The van der Waals surface area contributed by atoms with Crippen LogP contribution in [0.5, 0.6) is 11.5 Å². The number of hydrogen-bond acceptors (Lipinski definition) is 4. The number of benzene rings is 1. The Morgan fingerprint density at radius 2 is 1.92 bits per heavy atom. The topological polar surface area (TPSA) is 48.0 Å². The van der Waals surface area contributed by atoms with Gasteiger partial charge in [-0.05, 0) is 52.0 Å². The normalized spacial score (nSPS) is 19.6. The van der Waals surface area contributed by atoms with Crippen LogP contribution in [-0.4, -0.2) is 42.9 Å². The van der Waals surface area contributed by atoms with Crippen LogP contribution in [-0.2, 0) is 24.0 Å². The molecule has 0 aliphatic carbocycles. The van der Waals surface area contributed by atoms with Crippen molar-refractivity contribution < 1.29 is 19.0 Å². The number of likely N-dealkylation sites (tertiary alicyclic amines) is 1. The highest BCUT2D eigenvalue weighted by atomic mass is 16.6. The second-order valence-corrected chi connectivity index (χ2v) is 8.63. The number of hydrogen-bond donors (Lipinski definition) is 0. The van der Waals surface area contributed by atoms with Crippen molar-refractivity contribution in [1.82, 2.24) is 4.90 Å². The molecule has 5 nitrogen and oxygen atoms in total. The fourth-order valence-electron chi connectivity index (χ4n) is 4.24. The molecule has 0 saturated carbocycles. The van der Waals surface area contributed by atoms with E-state index in [2.05, 4.69) is 6.07 Å². The summed E-state index contributed by atoms with van der Waals surface area (Å²) in [6.07, 6.45) is 4.83. The second kappa shape index (κ2) is 6.67. The molecule has 0 unspecified atom stereocenters. The van der Waals surface area contributed by atoms with Crippen LogP contribution >= 0.6 is 0 Å². The number of fused-ring (bicyclic) bond motifs is 2. The minimum Gasteiger partial charge on any atom is -0.493 e. The van der Waals surface area contributed by atoms with Crippen molar-refractivity contribution in [3.8, 4) is 11.5 Å². The van der Waals surface area contributed by atoms with Gasteiger partial charge in [-0.2, -0.15) is 0 Å². The van der Waals surface area contributed by atoms with Crippen LogP contribution in [0.25, 0.3) is 0 Å². The average Bonchev–Trinajstić information content (AvgIpc) is 3.22. The first kappa shape index (κ1) is 17.5. The third-order valence-corrected chi connectivity index (χ3v) is 5.52. The standard InChI is InChI=1S/C21H29NO4/c1-21(2,3)26-20(23)22-8-4-14(5-9-22)12-17-16-7-11-24-18(16)13-15-6-10-25-19(15)17/h13-14H,4-12H2,1-3H3. The van der Waals surface area contributed by atoms with Crippen molar-refractivity contribution in [2.75, 3.05) is 26.3 Å². The molecule has 1 aromatic carbocycles. The molecule has 142 valence electrons. The zero-order chi connectivity index (χ0) is 18.3. The lowest BCUT2D eigenvalue weighted by atomic mass is 9.86. The fourth-order valence-corrected chi connectivity index (χ4v) is 4.24. The Balaban J connectivity index is 1.42. The molecule has 1 amide bonds. The molecule has 1 saturated heterocycles. The van der Waals surface area contributed by atoms with Crippen LogP contribution in [0.15, 0.2) is 6.07 Å². The van der Waals surface area contributed by atoms with Crippen molar-refractivity contribution in [2.45, 2.75) is 58.5 Å². The van der Waals surface area contributed by atoms with E-state index in [0.717, 1.165) is 69.9 Å². The summed E-state index contributed by atoms with van der Waals surface area (Å²) in [5.41, 5.74) is 3.58. The van der Waals surface area contributed by atoms with Gasteiger partial charge in [0.05, 0.1) is 13.2 Å². The van der Waals surface area contributed by atoms with Crippen molar-refractivity contribution in [2.24, 2.45) is 5.92 Å². The third-order valence-electron chi connectivity index (χ3n) is 5.52. The third kappa shape index (κ3) is 3.49. The summed E-state index contributed by atoms with van der Waals surface area (Å²) in [5, 5.41) is 0. The first-order chi connectivity index (χ1) is 12.4. The maximum absolute atomic E-state index is 12.3. The summed E-state index contributed by atoms with van der Waals surface area (Å²) in [7, 11) is 0. The molecule has 4 rings (SSSR count). The first-order valence-corrected chi connectivity index (χ1v) is 9.82. The van der Waals surface area contributed by atoms with Gasteiger partial charge in [0.1, 0.15) is 17.1 Å². The van der Waals surface area contributed by atoms with Crippen molar-refractivity contribution in [3.05, 3.63) is 22.8 Å². The molecule has 0 atom stereocenters. The van der Waals surface area contributed by atoms with E-state index in [1.165, 1.54) is 16.7 Å². The van der Waals surface area contributed by atoms with Crippen molar-refractivity contribution in [1.29, 1.82) is 0 Å². The number of carbonyl (C=O) groups is 1. The Kier molecular flexibility index (Phi) is 4.49. The highest BCUT2D eigenvalue weighted by molar-refractivity contribution is 5.68. The van der Waals surface area contributed by atoms with Crippen LogP contribution in [0, 0.1) is 5.92 Å². The molecule has 0 spiro atoms. The van der Waals surface area contributed by atoms with Gasteiger partial charge in [-0.15, -0.1) is 0 Å². The number of rotatable bonds is 2. The van der Waals surface area contributed by atoms with Gasteiger partial charge in [-0.25, -0.2) is 4.79 Å². The summed E-state index contributed by atoms with van der Waals surface area (Å²) in [6, 6.07) is 2.18. The maximum atomic E-state index is 12.3. The molecular weight excluding hydrogens is 330 g/mol. The molecule has 5 heteroatoms. The number of carbonyl (C=O) groups excluding carboxylic acids is 1. The highest BCUT2D eigenvalue weighted by Crippen LogP contribution is 2.42. The Morgan fingerprint density at radius 1 is 1.19 bits per heavy atom. The number of nitrogens with zero attached hydrogens (tertiary/aromatic N) is 1. The molecule has 0 N–H and O–H groups in total. The molecule has 0 bridgehead atoms. The van der Waals surface area contributed by atoms with E-state index in [1.807, 2.05) is 25.7 Å². The summed E-state index contributed by atoms with van der Waals surface area (Å²) < 4.78 is 17.3. The molecule has 0 aromatic heterocycles. The fraction of sp³-hybridized carbons (Fsp3) is 0.667. The average molecular weight is 359 g/mol. The van der Waals surface area contributed by atoms with Gasteiger partial charge in [0.15, 0.2) is 0 Å². The Morgan fingerprint density at radius 3 is 2.65 bits per heavy atom. The lowest BCUT2D eigenvalue weighted by Crippen LogP contribution is -2.42. The molecule has 3 aliphatic heterocycles. The van der Waals surface area contributed by atoms with E-state index in [0.29, 0.717) is 5.92 Å². The van der Waals surface area contributed by atoms with Gasteiger partial charge < -0.3 is 19.1 Å². The van der Waals surface area contributed by atoms with Gasteiger partial charge in [0.2, 0.25) is 0 Å². The van der Waals surface area contributed by atoms with Crippen LogP contribution < -0.4 is 9.47 Å². The van der Waals surface area contributed by atoms with Crippen molar-refractivity contribution >= 4 is 6.09 Å². The smallest absolute Gasteiger partial charge is 0.410 e. The zero-order valence-electron chi connectivity index (χ0n) is 16.1. The summed E-state index contributed by atoms with van der Waals surface area (Å²) in [4.78, 5) is 14.1. The molecule has 1 fully saturated rings. The molecule has 26 heavy (non-hydrogen) atoms. The molecular formula is C21H29NO4. The van der Waals surface area contributed by atoms with Crippen LogP contribution in [0.3, 0.4) is 0 Å². The number of amides is 1.